The summed E-state index contributed by atoms with van der Waals surface area (Å²) in [5, 5.41) is 1.69. The van der Waals surface area contributed by atoms with E-state index >= 15 is 0 Å². The number of hydrogen-bond donors (Lipinski definition) is 1. The quantitative estimate of drug-likeness (QED) is 0.772. The Kier molecular flexibility index (Phi) is 4.66. The van der Waals surface area contributed by atoms with Gasteiger partial charge in [0.15, 0.2) is 0 Å². The number of benzene rings is 1. The highest BCUT2D eigenvalue weighted by Gasteiger charge is 2.20. The number of carbonyl (C=O) groups excluding carboxylic acids is 1. The second kappa shape index (κ2) is 7.09. The summed E-state index contributed by atoms with van der Waals surface area (Å²) >= 11 is 6.11. The molecule has 1 fully saturated rings. The fraction of sp³-hybridized carbons (Fsp3) is 0.300. The number of nitrogens with zero attached hydrogens (tertiary/aromatic N) is 3. The van der Waals surface area contributed by atoms with E-state index in [1.165, 1.54) is 0 Å². The van der Waals surface area contributed by atoms with Gasteiger partial charge >= 0.3 is 0 Å². The Morgan fingerprint density at radius 1 is 1.19 bits per heavy atom. The van der Waals surface area contributed by atoms with Gasteiger partial charge in [-0.15, -0.1) is 0 Å². The molecule has 3 heterocycles. The highest BCUT2D eigenvalue weighted by atomic mass is 35.5. The van der Waals surface area contributed by atoms with Crippen LogP contribution in [0.2, 0.25) is 5.02 Å². The Balaban J connectivity index is 1.59. The zero-order valence-electron chi connectivity index (χ0n) is 14.7. The molecule has 134 valence electrons. The van der Waals surface area contributed by atoms with Gasteiger partial charge in [-0.3, -0.25) is 4.79 Å². The normalized spacial score (nSPS) is 15.5. The number of pyridine rings is 1. The van der Waals surface area contributed by atoms with Gasteiger partial charge < -0.3 is 14.8 Å². The number of rotatable bonds is 3. The maximum atomic E-state index is 12.7. The molecule has 1 aliphatic rings. The van der Waals surface area contributed by atoms with E-state index in [-0.39, 0.29) is 5.91 Å². The fourth-order valence-electron chi connectivity index (χ4n) is 3.36. The highest BCUT2D eigenvalue weighted by molar-refractivity contribution is 6.30. The van der Waals surface area contributed by atoms with Crippen molar-refractivity contribution in [3.63, 3.8) is 0 Å². The van der Waals surface area contributed by atoms with Crippen LogP contribution >= 0.6 is 11.6 Å². The molecule has 0 saturated carbocycles. The van der Waals surface area contributed by atoms with Crippen molar-refractivity contribution < 1.29 is 4.79 Å². The first-order chi connectivity index (χ1) is 12.6. The van der Waals surface area contributed by atoms with Gasteiger partial charge in [0.25, 0.3) is 0 Å². The molecule has 0 radical (unpaired) electrons. The maximum absolute atomic E-state index is 12.7. The summed E-state index contributed by atoms with van der Waals surface area (Å²) in [5.74, 6) is 0.173. The lowest BCUT2D eigenvalue weighted by atomic mass is 10.0. The largest absolute Gasteiger partial charge is 0.346 e. The minimum atomic E-state index is 0.173. The molecule has 1 amide bonds. The summed E-state index contributed by atoms with van der Waals surface area (Å²) in [6.45, 7) is 3.45. The Morgan fingerprint density at radius 3 is 2.77 bits per heavy atom. The third-order valence-electron chi connectivity index (χ3n) is 4.97. The standard InChI is InChI=1S/C20H21ClN4O/c1-24-5-7-25(8-6-24)19(26)11-16-13-23-20-18(16)10-15(12-22-20)14-3-2-4-17(21)9-14/h2-4,9-10,12-13H,5-8,11H2,1H3,(H,22,23). The molecule has 1 saturated heterocycles. The van der Waals surface area contributed by atoms with Gasteiger partial charge in [-0.05, 0) is 36.4 Å². The first kappa shape index (κ1) is 17.1. The van der Waals surface area contributed by atoms with Crippen molar-refractivity contribution in [1.29, 1.82) is 0 Å². The number of H-pyrrole nitrogens is 1. The first-order valence-electron chi connectivity index (χ1n) is 8.78. The Morgan fingerprint density at radius 2 is 2.00 bits per heavy atom. The van der Waals surface area contributed by atoms with E-state index in [4.69, 9.17) is 11.6 Å². The summed E-state index contributed by atoms with van der Waals surface area (Å²) in [6.07, 6.45) is 4.12. The Bertz CT molecular complexity index is 944. The molecule has 0 atom stereocenters. The number of amides is 1. The third-order valence-corrected chi connectivity index (χ3v) is 5.21. The van der Waals surface area contributed by atoms with Crippen LogP contribution < -0.4 is 0 Å². The van der Waals surface area contributed by atoms with Crippen LogP contribution in [0.15, 0.2) is 42.7 Å². The van der Waals surface area contributed by atoms with Crippen molar-refractivity contribution >= 4 is 28.5 Å². The third kappa shape index (κ3) is 3.45. The molecule has 0 unspecified atom stereocenters. The smallest absolute Gasteiger partial charge is 0.227 e. The van der Waals surface area contributed by atoms with E-state index in [1.807, 2.05) is 41.6 Å². The van der Waals surface area contributed by atoms with Crippen LogP contribution in [-0.2, 0) is 11.2 Å². The monoisotopic (exact) mass is 368 g/mol. The van der Waals surface area contributed by atoms with Crippen molar-refractivity contribution in [1.82, 2.24) is 19.8 Å². The van der Waals surface area contributed by atoms with E-state index < -0.39 is 0 Å². The van der Waals surface area contributed by atoms with E-state index in [2.05, 4.69) is 28.0 Å². The Hall–Kier alpha value is -2.37. The van der Waals surface area contributed by atoms with Crippen molar-refractivity contribution in [2.24, 2.45) is 0 Å². The lowest BCUT2D eigenvalue weighted by Crippen LogP contribution is -2.47. The number of aromatic amines is 1. The lowest BCUT2D eigenvalue weighted by molar-refractivity contribution is -0.132. The van der Waals surface area contributed by atoms with Crippen LogP contribution in [0.1, 0.15) is 5.56 Å². The van der Waals surface area contributed by atoms with Crippen LogP contribution in [0.3, 0.4) is 0 Å². The summed E-state index contributed by atoms with van der Waals surface area (Å²) < 4.78 is 0. The minimum Gasteiger partial charge on any atom is -0.346 e. The molecule has 0 spiro atoms. The number of halogens is 1. The SMILES string of the molecule is CN1CCN(C(=O)Cc2c[nH]c3ncc(-c4cccc(Cl)c4)cc23)CC1. The van der Waals surface area contributed by atoms with Crippen molar-refractivity contribution in [2.45, 2.75) is 6.42 Å². The topological polar surface area (TPSA) is 52.2 Å². The van der Waals surface area contributed by atoms with Gasteiger partial charge in [-0.1, -0.05) is 23.7 Å². The number of hydrogen-bond acceptors (Lipinski definition) is 3. The van der Waals surface area contributed by atoms with Crippen LogP contribution in [0.25, 0.3) is 22.2 Å². The van der Waals surface area contributed by atoms with Crippen LogP contribution in [0, 0.1) is 0 Å². The molecule has 26 heavy (non-hydrogen) atoms. The van der Waals surface area contributed by atoms with Gasteiger partial charge in [0.1, 0.15) is 5.65 Å². The molecular formula is C20H21ClN4O. The molecule has 3 aromatic rings. The molecule has 2 aromatic heterocycles. The highest BCUT2D eigenvalue weighted by Crippen LogP contribution is 2.27. The predicted octanol–water partition coefficient (Wildman–Crippen LogP) is 3.20. The summed E-state index contributed by atoms with van der Waals surface area (Å²) in [6, 6.07) is 9.80. The van der Waals surface area contributed by atoms with Crippen LogP contribution in [0.4, 0.5) is 0 Å². The minimum absolute atomic E-state index is 0.173. The number of nitrogens with one attached hydrogen (secondary N) is 1. The fourth-order valence-corrected chi connectivity index (χ4v) is 3.55. The van der Waals surface area contributed by atoms with Crippen molar-refractivity contribution in [2.75, 3.05) is 33.2 Å². The summed E-state index contributed by atoms with van der Waals surface area (Å²) in [7, 11) is 2.09. The zero-order valence-corrected chi connectivity index (χ0v) is 15.5. The first-order valence-corrected chi connectivity index (χ1v) is 9.16. The van der Waals surface area contributed by atoms with Gasteiger partial charge in [0, 0.05) is 54.5 Å². The van der Waals surface area contributed by atoms with Gasteiger partial charge in [0.2, 0.25) is 5.91 Å². The molecule has 1 aromatic carbocycles. The molecule has 4 rings (SSSR count). The number of aromatic nitrogens is 2. The molecule has 1 aliphatic heterocycles. The number of piperazine rings is 1. The van der Waals surface area contributed by atoms with Crippen molar-refractivity contribution in [3.8, 4) is 11.1 Å². The number of carbonyl (C=O) groups is 1. The molecule has 0 aliphatic carbocycles. The zero-order chi connectivity index (χ0) is 18.1. The van der Waals surface area contributed by atoms with Gasteiger partial charge in [-0.2, -0.15) is 0 Å². The summed E-state index contributed by atoms with van der Waals surface area (Å²) in [4.78, 5) is 24.6. The van der Waals surface area contributed by atoms with Gasteiger partial charge in [-0.25, -0.2) is 4.98 Å². The molecule has 1 N–H and O–H groups in total. The van der Waals surface area contributed by atoms with Crippen molar-refractivity contribution in [3.05, 3.63) is 53.3 Å². The molecular weight excluding hydrogens is 348 g/mol. The van der Waals surface area contributed by atoms with Gasteiger partial charge in [0.05, 0.1) is 6.42 Å². The summed E-state index contributed by atoms with van der Waals surface area (Å²) in [5.41, 5.74) is 3.80. The molecule has 5 nitrogen and oxygen atoms in total. The second-order valence-electron chi connectivity index (χ2n) is 6.81. The predicted molar refractivity (Wildman–Crippen MR) is 104 cm³/mol. The van der Waals surface area contributed by atoms with Crippen LogP contribution in [-0.4, -0.2) is 58.9 Å². The number of fused-ring (bicyclic) bond motifs is 1. The lowest BCUT2D eigenvalue weighted by Gasteiger charge is -2.32. The number of likely N-dealkylation sites (N-methyl/N-ethyl adjacent to an activating group) is 1. The van der Waals surface area contributed by atoms with E-state index in [0.717, 1.165) is 53.9 Å². The van der Waals surface area contributed by atoms with E-state index in [9.17, 15) is 4.79 Å². The average Bonchev–Trinajstić information content (AvgIpc) is 3.04. The van der Waals surface area contributed by atoms with E-state index in [0.29, 0.717) is 11.4 Å². The molecule has 0 bridgehead atoms. The Labute approximate surface area is 157 Å². The van der Waals surface area contributed by atoms with E-state index in [1.54, 1.807) is 0 Å². The second-order valence-corrected chi connectivity index (χ2v) is 7.24. The van der Waals surface area contributed by atoms with Crippen LogP contribution in [0.5, 0.6) is 0 Å². The average molecular weight is 369 g/mol. The maximum Gasteiger partial charge on any atom is 0.227 e. The molecule has 6 heteroatoms.